The van der Waals surface area contributed by atoms with E-state index in [4.69, 9.17) is 4.74 Å². The maximum atomic E-state index is 5.84. The molecule has 0 radical (unpaired) electrons. The molecule has 100 valence electrons. The average molecular weight is 257 g/mol. The molecule has 4 nitrogen and oxygen atoms in total. The van der Waals surface area contributed by atoms with Crippen molar-refractivity contribution in [2.45, 2.75) is 25.8 Å². The van der Waals surface area contributed by atoms with E-state index in [0.717, 1.165) is 30.9 Å². The van der Waals surface area contributed by atoms with Crippen molar-refractivity contribution in [2.24, 2.45) is 7.05 Å². The summed E-state index contributed by atoms with van der Waals surface area (Å²) in [4.78, 5) is 0. The van der Waals surface area contributed by atoms with E-state index in [-0.39, 0.29) is 0 Å². The van der Waals surface area contributed by atoms with Gasteiger partial charge >= 0.3 is 0 Å². The minimum Gasteiger partial charge on any atom is -0.493 e. The molecule has 0 saturated carbocycles. The zero-order valence-corrected chi connectivity index (χ0v) is 11.4. The minimum absolute atomic E-state index is 0.294. The summed E-state index contributed by atoms with van der Waals surface area (Å²) in [6.45, 7) is 2.89. The van der Waals surface area contributed by atoms with Gasteiger partial charge in [0.15, 0.2) is 0 Å². The van der Waals surface area contributed by atoms with Gasteiger partial charge in [-0.2, -0.15) is 5.10 Å². The van der Waals surface area contributed by atoms with E-state index in [9.17, 15) is 0 Å². The molecule has 0 fully saturated rings. The fourth-order valence-electron chi connectivity index (χ4n) is 2.53. The van der Waals surface area contributed by atoms with Crippen molar-refractivity contribution < 1.29 is 4.74 Å². The Labute approximate surface area is 113 Å². The lowest BCUT2D eigenvalue weighted by Crippen LogP contribution is -2.09. The third kappa shape index (κ3) is 2.57. The van der Waals surface area contributed by atoms with Gasteiger partial charge in [0.05, 0.1) is 24.5 Å². The van der Waals surface area contributed by atoms with E-state index < -0.39 is 0 Å². The molecule has 3 rings (SSSR count). The number of nitrogens with zero attached hydrogens (tertiary/aromatic N) is 2. The molecule has 0 aliphatic carbocycles. The fraction of sp³-hybridized carbons (Fsp3) is 0.400. The van der Waals surface area contributed by atoms with Crippen molar-refractivity contribution in [3.05, 3.63) is 41.7 Å². The lowest BCUT2D eigenvalue weighted by molar-refractivity contribution is 0.316. The van der Waals surface area contributed by atoms with E-state index in [1.54, 1.807) is 0 Å². The number of anilines is 1. The molecule has 1 N–H and O–H groups in total. The third-order valence-corrected chi connectivity index (χ3v) is 3.48. The molecular formula is C15H19N3O. The van der Waals surface area contributed by atoms with Crippen LogP contribution in [0.1, 0.15) is 30.0 Å². The standard InChI is InChI=1S/C15H19N3O/c1-11-5-6-13-14(4-3-7-19-15(13)8-11)17-12-9-16-18(2)10-12/h5-6,8-10,14,17H,3-4,7H2,1-2H3. The van der Waals surface area contributed by atoms with Crippen LogP contribution in [0.4, 0.5) is 5.69 Å². The van der Waals surface area contributed by atoms with Crippen LogP contribution in [0.5, 0.6) is 5.75 Å². The summed E-state index contributed by atoms with van der Waals surface area (Å²) >= 11 is 0. The van der Waals surface area contributed by atoms with Gasteiger partial charge in [-0.1, -0.05) is 12.1 Å². The Morgan fingerprint density at radius 1 is 1.42 bits per heavy atom. The second-order valence-electron chi connectivity index (χ2n) is 5.13. The largest absolute Gasteiger partial charge is 0.493 e. The Morgan fingerprint density at radius 3 is 3.11 bits per heavy atom. The van der Waals surface area contributed by atoms with E-state index in [2.05, 4.69) is 35.5 Å². The molecule has 0 spiro atoms. The van der Waals surface area contributed by atoms with Crippen LogP contribution >= 0.6 is 0 Å². The Bertz CT molecular complexity index is 577. The summed E-state index contributed by atoms with van der Waals surface area (Å²) in [5.74, 6) is 1.01. The predicted molar refractivity (Wildman–Crippen MR) is 75.5 cm³/mol. The minimum atomic E-state index is 0.294. The molecule has 1 aromatic carbocycles. The van der Waals surface area contributed by atoms with Gasteiger partial charge < -0.3 is 10.1 Å². The molecule has 0 amide bonds. The Kier molecular flexibility index (Phi) is 3.15. The molecular weight excluding hydrogens is 238 g/mol. The van der Waals surface area contributed by atoms with Gasteiger partial charge in [0, 0.05) is 18.8 Å². The van der Waals surface area contributed by atoms with Crippen LogP contribution in [0.25, 0.3) is 0 Å². The molecule has 0 saturated heterocycles. The van der Waals surface area contributed by atoms with Crippen LogP contribution in [0.2, 0.25) is 0 Å². The Hall–Kier alpha value is -1.97. The molecule has 0 bridgehead atoms. The van der Waals surface area contributed by atoms with Crippen LogP contribution in [0.15, 0.2) is 30.6 Å². The highest BCUT2D eigenvalue weighted by molar-refractivity contribution is 5.47. The van der Waals surface area contributed by atoms with E-state index in [0.29, 0.717) is 6.04 Å². The van der Waals surface area contributed by atoms with Crippen LogP contribution in [-0.2, 0) is 7.05 Å². The molecule has 1 aromatic heterocycles. The quantitative estimate of drug-likeness (QED) is 0.898. The number of ether oxygens (including phenoxy) is 1. The number of fused-ring (bicyclic) bond motifs is 1. The molecule has 4 heteroatoms. The highest BCUT2D eigenvalue weighted by atomic mass is 16.5. The molecule has 1 aliphatic heterocycles. The summed E-state index contributed by atoms with van der Waals surface area (Å²) in [6.07, 6.45) is 6.00. The van der Waals surface area contributed by atoms with E-state index in [1.807, 2.05) is 24.1 Å². The highest BCUT2D eigenvalue weighted by Crippen LogP contribution is 2.34. The van der Waals surface area contributed by atoms with Gasteiger partial charge in [-0.15, -0.1) is 0 Å². The zero-order chi connectivity index (χ0) is 13.2. The molecule has 19 heavy (non-hydrogen) atoms. The lowest BCUT2D eigenvalue weighted by Gasteiger charge is -2.18. The first-order chi connectivity index (χ1) is 9.22. The average Bonchev–Trinajstić information content (AvgIpc) is 2.68. The number of nitrogens with one attached hydrogen (secondary N) is 1. The first-order valence-corrected chi connectivity index (χ1v) is 6.71. The summed E-state index contributed by atoms with van der Waals surface area (Å²) < 4.78 is 7.65. The topological polar surface area (TPSA) is 39.1 Å². The van der Waals surface area contributed by atoms with Gasteiger partial charge in [0.2, 0.25) is 0 Å². The van der Waals surface area contributed by atoms with Crippen LogP contribution in [0.3, 0.4) is 0 Å². The third-order valence-electron chi connectivity index (χ3n) is 3.48. The van der Waals surface area contributed by atoms with Gasteiger partial charge in [0.25, 0.3) is 0 Å². The SMILES string of the molecule is Cc1ccc2c(c1)OCCCC2Nc1cnn(C)c1. The highest BCUT2D eigenvalue weighted by Gasteiger charge is 2.20. The van der Waals surface area contributed by atoms with Gasteiger partial charge in [-0.05, 0) is 31.4 Å². The second-order valence-corrected chi connectivity index (χ2v) is 5.13. The van der Waals surface area contributed by atoms with Crippen molar-refractivity contribution in [2.75, 3.05) is 11.9 Å². The molecule has 2 heterocycles. The van der Waals surface area contributed by atoms with Crippen LogP contribution < -0.4 is 10.1 Å². The van der Waals surface area contributed by atoms with Crippen LogP contribution in [0, 0.1) is 6.92 Å². The zero-order valence-electron chi connectivity index (χ0n) is 11.4. The van der Waals surface area contributed by atoms with Crippen molar-refractivity contribution in [1.82, 2.24) is 9.78 Å². The van der Waals surface area contributed by atoms with E-state index in [1.165, 1.54) is 11.1 Å². The van der Waals surface area contributed by atoms with E-state index >= 15 is 0 Å². The van der Waals surface area contributed by atoms with Crippen molar-refractivity contribution >= 4 is 5.69 Å². The molecule has 1 atom stereocenters. The van der Waals surface area contributed by atoms with Gasteiger partial charge in [-0.3, -0.25) is 4.68 Å². The number of hydrogen-bond acceptors (Lipinski definition) is 3. The number of benzene rings is 1. The van der Waals surface area contributed by atoms with Crippen LogP contribution in [-0.4, -0.2) is 16.4 Å². The van der Waals surface area contributed by atoms with Crippen molar-refractivity contribution in [3.63, 3.8) is 0 Å². The lowest BCUT2D eigenvalue weighted by atomic mass is 10.0. The molecule has 1 aliphatic rings. The predicted octanol–water partition coefficient (Wildman–Crippen LogP) is 3.05. The number of aryl methyl sites for hydroxylation is 2. The van der Waals surface area contributed by atoms with Crippen molar-refractivity contribution in [3.8, 4) is 5.75 Å². The van der Waals surface area contributed by atoms with Gasteiger partial charge in [-0.25, -0.2) is 0 Å². The normalized spacial score (nSPS) is 18.3. The first-order valence-electron chi connectivity index (χ1n) is 6.71. The monoisotopic (exact) mass is 257 g/mol. The summed E-state index contributed by atoms with van der Waals surface area (Å²) in [5.41, 5.74) is 3.54. The summed E-state index contributed by atoms with van der Waals surface area (Å²) in [5, 5.41) is 7.75. The second kappa shape index (κ2) is 4.96. The number of aromatic nitrogens is 2. The maximum absolute atomic E-state index is 5.84. The number of rotatable bonds is 2. The molecule has 1 unspecified atom stereocenters. The smallest absolute Gasteiger partial charge is 0.124 e. The van der Waals surface area contributed by atoms with Crippen molar-refractivity contribution in [1.29, 1.82) is 0 Å². The first kappa shape index (κ1) is 12.1. The fourth-order valence-corrected chi connectivity index (χ4v) is 2.53. The maximum Gasteiger partial charge on any atom is 0.124 e. The van der Waals surface area contributed by atoms with Gasteiger partial charge in [0.1, 0.15) is 5.75 Å². The Balaban J connectivity index is 1.89. The summed E-state index contributed by atoms with van der Waals surface area (Å²) in [6, 6.07) is 6.73. The Morgan fingerprint density at radius 2 is 2.32 bits per heavy atom. The molecule has 2 aromatic rings. The summed E-state index contributed by atoms with van der Waals surface area (Å²) in [7, 11) is 1.93. The number of hydrogen-bond donors (Lipinski definition) is 1.